The number of hydrogen-bond acceptors (Lipinski definition) is 6. The molecule has 0 unspecified atom stereocenters. The van der Waals surface area contributed by atoms with Crippen LogP contribution in [0.25, 0.3) is 0 Å². The largest absolute Gasteiger partial charge is 0.378 e. The molecular weight excluding hydrogens is 498 g/mol. The van der Waals surface area contributed by atoms with Crippen molar-refractivity contribution < 1.29 is 21.6 Å². The lowest BCUT2D eigenvalue weighted by atomic mass is 10.1. The summed E-state index contributed by atoms with van der Waals surface area (Å²) in [4.78, 5) is 13.0. The predicted octanol–water partition coefficient (Wildman–Crippen LogP) is 3.59. The van der Waals surface area contributed by atoms with Gasteiger partial charge in [0, 0.05) is 37.9 Å². The lowest BCUT2D eigenvalue weighted by molar-refractivity contribution is 0.101. The fourth-order valence-electron chi connectivity index (χ4n) is 4.04. The summed E-state index contributed by atoms with van der Waals surface area (Å²) in [6, 6.07) is 21.6. The Morgan fingerprint density at radius 2 is 1.53 bits per heavy atom. The number of sulfonamides is 2. The molecule has 8 nitrogen and oxygen atoms in total. The molecule has 0 aliphatic carbocycles. The van der Waals surface area contributed by atoms with Crippen LogP contribution in [0, 0.1) is 0 Å². The molecule has 3 aromatic carbocycles. The first-order chi connectivity index (χ1) is 17.2. The molecule has 0 spiro atoms. The zero-order valence-electron chi connectivity index (χ0n) is 20.0. The van der Waals surface area contributed by atoms with Gasteiger partial charge >= 0.3 is 0 Å². The highest BCUT2D eigenvalue weighted by atomic mass is 32.2. The van der Waals surface area contributed by atoms with E-state index in [1.807, 2.05) is 30.3 Å². The van der Waals surface area contributed by atoms with E-state index < -0.39 is 20.0 Å². The van der Waals surface area contributed by atoms with Crippen molar-refractivity contribution in [3.05, 3.63) is 90.0 Å². The number of carbonyl (C=O) groups excluding carboxylic acids is 1. The van der Waals surface area contributed by atoms with Gasteiger partial charge in [-0.2, -0.15) is 8.61 Å². The van der Waals surface area contributed by atoms with Gasteiger partial charge in [-0.25, -0.2) is 16.8 Å². The molecule has 0 atom stereocenters. The van der Waals surface area contributed by atoms with E-state index in [-0.39, 0.29) is 28.7 Å². The smallest absolute Gasteiger partial charge is 0.243 e. The van der Waals surface area contributed by atoms with Gasteiger partial charge in [0.1, 0.15) is 0 Å². The average Bonchev–Trinajstić information content (AvgIpc) is 3.44. The summed E-state index contributed by atoms with van der Waals surface area (Å²) >= 11 is 0. The molecule has 3 aromatic rings. The van der Waals surface area contributed by atoms with Crippen LogP contribution in [0.5, 0.6) is 0 Å². The highest BCUT2D eigenvalue weighted by molar-refractivity contribution is 7.89. The number of Topliss-reactive ketones (excluding diaryl/α,β-unsaturated/α-hetero) is 1. The molecule has 10 heteroatoms. The first-order valence-corrected chi connectivity index (χ1v) is 14.5. The van der Waals surface area contributed by atoms with E-state index in [0.29, 0.717) is 24.3 Å². The van der Waals surface area contributed by atoms with Crippen molar-refractivity contribution in [2.45, 2.75) is 29.2 Å². The van der Waals surface area contributed by atoms with E-state index in [0.717, 1.165) is 18.4 Å². The molecule has 1 aliphatic rings. The Bertz CT molecular complexity index is 1420. The molecule has 0 bridgehead atoms. The Morgan fingerprint density at radius 1 is 0.861 bits per heavy atom. The summed E-state index contributed by atoms with van der Waals surface area (Å²) < 4.78 is 54.1. The molecular formula is C26H29N3O5S2. The second-order valence-electron chi connectivity index (χ2n) is 8.69. The van der Waals surface area contributed by atoms with Gasteiger partial charge in [0.25, 0.3) is 0 Å². The van der Waals surface area contributed by atoms with Gasteiger partial charge < -0.3 is 5.32 Å². The van der Waals surface area contributed by atoms with Gasteiger partial charge in [0.15, 0.2) is 5.78 Å². The minimum Gasteiger partial charge on any atom is -0.378 e. The van der Waals surface area contributed by atoms with Gasteiger partial charge in [0.05, 0.1) is 16.3 Å². The quantitative estimate of drug-likeness (QED) is 0.404. The van der Waals surface area contributed by atoms with Crippen LogP contribution in [0.15, 0.2) is 88.7 Å². The summed E-state index contributed by atoms with van der Waals surface area (Å²) in [6.07, 6.45) is 1.68. The summed E-state index contributed by atoms with van der Waals surface area (Å²) in [7, 11) is -5.75. The maximum Gasteiger partial charge on any atom is 0.243 e. The molecule has 1 aliphatic heterocycles. The van der Waals surface area contributed by atoms with Crippen molar-refractivity contribution in [2.24, 2.45) is 0 Å². The van der Waals surface area contributed by atoms with Gasteiger partial charge in [0.2, 0.25) is 20.0 Å². The van der Waals surface area contributed by atoms with Crippen molar-refractivity contribution >= 4 is 31.5 Å². The Labute approximate surface area is 212 Å². The molecule has 190 valence electrons. The number of anilines is 1. The highest BCUT2D eigenvalue weighted by Gasteiger charge is 2.27. The summed E-state index contributed by atoms with van der Waals surface area (Å²) in [5.41, 5.74) is 1.76. The molecule has 0 radical (unpaired) electrons. The molecule has 0 amide bonds. The molecule has 1 saturated heterocycles. The van der Waals surface area contributed by atoms with Gasteiger partial charge in [-0.05, 0) is 54.8 Å². The van der Waals surface area contributed by atoms with E-state index >= 15 is 0 Å². The van der Waals surface area contributed by atoms with Crippen molar-refractivity contribution in [1.82, 2.24) is 8.61 Å². The van der Waals surface area contributed by atoms with Crippen molar-refractivity contribution in [3.63, 3.8) is 0 Å². The minimum atomic E-state index is -3.68. The van der Waals surface area contributed by atoms with Crippen molar-refractivity contribution in [1.29, 1.82) is 0 Å². The second kappa shape index (κ2) is 10.9. The molecule has 4 rings (SSSR count). The number of carbonyl (C=O) groups is 1. The number of nitrogens with zero attached hydrogens (tertiary/aromatic N) is 2. The topological polar surface area (TPSA) is 104 Å². The van der Waals surface area contributed by atoms with Crippen LogP contribution in [-0.2, 0) is 26.6 Å². The Kier molecular flexibility index (Phi) is 7.89. The van der Waals surface area contributed by atoms with Crippen LogP contribution in [0.3, 0.4) is 0 Å². The van der Waals surface area contributed by atoms with E-state index in [4.69, 9.17) is 0 Å². The van der Waals surface area contributed by atoms with Crippen LogP contribution in [0.1, 0.15) is 28.8 Å². The second-order valence-corrected chi connectivity index (χ2v) is 12.7. The van der Waals surface area contributed by atoms with Crippen LogP contribution in [0.2, 0.25) is 0 Å². The summed E-state index contributed by atoms with van der Waals surface area (Å²) in [5, 5.41) is 2.99. The fraction of sp³-hybridized carbons (Fsp3) is 0.269. The number of rotatable bonds is 10. The van der Waals surface area contributed by atoms with E-state index in [1.54, 1.807) is 24.3 Å². The third-order valence-electron chi connectivity index (χ3n) is 6.12. The van der Waals surface area contributed by atoms with Crippen molar-refractivity contribution in [3.8, 4) is 0 Å². The molecule has 0 saturated carbocycles. The number of nitrogens with one attached hydrogen (secondary N) is 1. The molecule has 1 N–H and O–H groups in total. The van der Waals surface area contributed by atoms with Crippen LogP contribution in [-0.4, -0.2) is 57.9 Å². The van der Waals surface area contributed by atoms with Crippen molar-refractivity contribution in [2.75, 3.05) is 32.0 Å². The van der Waals surface area contributed by atoms with E-state index in [1.165, 1.54) is 39.9 Å². The highest BCUT2D eigenvalue weighted by Crippen LogP contribution is 2.22. The lowest BCUT2D eigenvalue weighted by Gasteiger charge is -2.17. The Balaban J connectivity index is 1.39. The number of benzene rings is 3. The van der Waals surface area contributed by atoms with Crippen LogP contribution in [0.4, 0.5) is 5.69 Å². The van der Waals surface area contributed by atoms with E-state index in [9.17, 15) is 21.6 Å². The van der Waals surface area contributed by atoms with Crippen LogP contribution >= 0.6 is 0 Å². The zero-order chi connectivity index (χ0) is 25.8. The zero-order valence-corrected chi connectivity index (χ0v) is 21.6. The van der Waals surface area contributed by atoms with Crippen LogP contribution < -0.4 is 5.32 Å². The van der Waals surface area contributed by atoms with Gasteiger partial charge in [-0.15, -0.1) is 0 Å². The third kappa shape index (κ3) is 5.84. The first-order valence-electron chi connectivity index (χ1n) is 11.7. The number of hydrogen-bond donors (Lipinski definition) is 1. The maximum atomic E-state index is 12.9. The molecule has 36 heavy (non-hydrogen) atoms. The molecule has 1 heterocycles. The standard InChI is InChI=1S/C26H29N3O5S2/c1-28(20-21-8-3-2-4-9-21)35(31,32)24-14-12-23(13-15-24)27-19-26(30)22-10-7-11-25(18-22)36(33,34)29-16-5-6-17-29/h2-4,7-15,18,27H,5-6,16-17,19-20H2,1H3. The summed E-state index contributed by atoms with van der Waals surface area (Å²) in [5.74, 6) is -0.271. The lowest BCUT2D eigenvalue weighted by Crippen LogP contribution is -2.28. The predicted molar refractivity (Wildman–Crippen MR) is 139 cm³/mol. The monoisotopic (exact) mass is 527 g/mol. The Morgan fingerprint density at radius 3 is 2.19 bits per heavy atom. The fourth-order valence-corrected chi connectivity index (χ4v) is 6.76. The Hall–Kier alpha value is -3.05. The van der Waals surface area contributed by atoms with E-state index in [2.05, 4.69) is 5.32 Å². The first kappa shape index (κ1) is 26.0. The molecule has 0 aromatic heterocycles. The normalized spacial score (nSPS) is 14.7. The minimum absolute atomic E-state index is 0.0623. The van der Waals surface area contributed by atoms with Gasteiger partial charge in [-0.1, -0.05) is 42.5 Å². The van der Waals surface area contributed by atoms with Gasteiger partial charge in [-0.3, -0.25) is 4.79 Å². The SMILES string of the molecule is CN(Cc1ccccc1)S(=O)(=O)c1ccc(NCC(=O)c2cccc(S(=O)(=O)N3CCCC3)c2)cc1. The maximum absolute atomic E-state index is 12.9. The average molecular weight is 528 g/mol. The number of ketones is 1. The molecule has 1 fully saturated rings. The third-order valence-corrected chi connectivity index (χ3v) is 9.83. The summed E-state index contributed by atoms with van der Waals surface area (Å²) in [6.45, 7) is 1.18.